The molecule has 22 heavy (non-hydrogen) atoms. The van der Waals surface area contributed by atoms with Gasteiger partial charge in [-0.25, -0.2) is 4.98 Å². The molecular formula is C16H20N4O2. The van der Waals surface area contributed by atoms with Crippen LogP contribution in [0.3, 0.4) is 0 Å². The second-order valence-corrected chi connectivity index (χ2v) is 5.49. The Kier molecular flexibility index (Phi) is 4.22. The first-order chi connectivity index (χ1) is 10.7. The molecule has 3 rings (SSSR count). The van der Waals surface area contributed by atoms with Crippen LogP contribution in [0.25, 0.3) is 11.4 Å². The highest BCUT2D eigenvalue weighted by Gasteiger charge is 2.29. The first kappa shape index (κ1) is 14.7. The molecule has 6 nitrogen and oxygen atoms in total. The van der Waals surface area contributed by atoms with E-state index in [1.807, 2.05) is 42.1 Å². The lowest BCUT2D eigenvalue weighted by atomic mass is 10.1. The third-order valence-electron chi connectivity index (χ3n) is 3.87. The monoisotopic (exact) mass is 300 g/mol. The number of ether oxygens (including phenoxy) is 1. The Balaban J connectivity index is 1.71. The van der Waals surface area contributed by atoms with Crippen molar-refractivity contribution in [3.8, 4) is 11.4 Å². The molecule has 2 atom stereocenters. The summed E-state index contributed by atoms with van der Waals surface area (Å²) in [5.41, 5.74) is 7.27. The smallest absolute Gasteiger partial charge is 0.253 e. The lowest BCUT2D eigenvalue weighted by Gasteiger charge is -2.13. The van der Waals surface area contributed by atoms with Gasteiger partial charge in [-0.3, -0.25) is 4.79 Å². The van der Waals surface area contributed by atoms with Crippen molar-refractivity contribution in [2.24, 2.45) is 12.8 Å². The third kappa shape index (κ3) is 3.03. The maximum atomic E-state index is 12.2. The molecule has 0 unspecified atom stereocenters. The molecule has 2 aromatic rings. The molecule has 1 aliphatic heterocycles. The topological polar surface area (TPSA) is 82.2 Å². The Labute approximate surface area is 129 Å². The Morgan fingerprint density at radius 1 is 1.50 bits per heavy atom. The number of nitrogens with two attached hydrogens (primary N) is 1. The number of aromatic nitrogens is 2. The minimum absolute atomic E-state index is 0.00495. The predicted molar refractivity (Wildman–Crippen MR) is 84.2 cm³/mol. The summed E-state index contributed by atoms with van der Waals surface area (Å²) in [6, 6.07) is 7.64. The van der Waals surface area contributed by atoms with Gasteiger partial charge in [0.1, 0.15) is 11.9 Å². The van der Waals surface area contributed by atoms with E-state index in [-0.39, 0.29) is 12.0 Å². The Morgan fingerprint density at radius 3 is 3.05 bits per heavy atom. The molecule has 0 saturated carbocycles. The van der Waals surface area contributed by atoms with Crippen LogP contribution in [0.4, 0.5) is 5.69 Å². The molecule has 1 fully saturated rings. The number of aryl methyl sites for hydroxylation is 1. The van der Waals surface area contributed by atoms with Crippen LogP contribution in [-0.4, -0.2) is 34.2 Å². The molecule has 0 bridgehead atoms. The van der Waals surface area contributed by atoms with Crippen LogP contribution in [0, 0.1) is 0 Å². The molecule has 0 radical (unpaired) electrons. The molecule has 1 amide bonds. The first-order valence-corrected chi connectivity index (χ1v) is 7.41. The largest absolute Gasteiger partial charge is 0.364 e. The SMILES string of the molecule is Cn1ccnc1-c1cccc(NC(=O)[C@@H]2CC[C@H](CN)O2)c1. The summed E-state index contributed by atoms with van der Waals surface area (Å²) in [7, 11) is 1.94. The van der Waals surface area contributed by atoms with E-state index in [9.17, 15) is 4.79 Å². The van der Waals surface area contributed by atoms with Crippen LogP contribution in [0.1, 0.15) is 12.8 Å². The van der Waals surface area contributed by atoms with E-state index < -0.39 is 6.10 Å². The van der Waals surface area contributed by atoms with Crippen LogP contribution in [0.15, 0.2) is 36.7 Å². The highest BCUT2D eigenvalue weighted by atomic mass is 16.5. The van der Waals surface area contributed by atoms with E-state index in [2.05, 4.69) is 10.3 Å². The van der Waals surface area contributed by atoms with E-state index in [0.717, 1.165) is 23.5 Å². The number of hydrogen-bond donors (Lipinski definition) is 2. The predicted octanol–water partition coefficient (Wildman–Crippen LogP) is 1.53. The molecule has 0 aliphatic carbocycles. The second kappa shape index (κ2) is 6.29. The quantitative estimate of drug-likeness (QED) is 0.897. The van der Waals surface area contributed by atoms with Crippen LogP contribution < -0.4 is 11.1 Å². The Hall–Kier alpha value is -2.18. The Bertz CT molecular complexity index is 668. The highest BCUT2D eigenvalue weighted by molar-refractivity contribution is 5.94. The van der Waals surface area contributed by atoms with Gasteiger partial charge in [-0.1, -0.05) is 12.1 Å². The number of amides is 1. The van der Waals surface area contributed by atoms with Gasteiger partial charge in [0.2, 0.25) is 0 Å². The van der Waals surface area contributed by atoms with Gasteiger partial charge in [0.15, 0.2) is 0 Å². The molecular weight excluding hydrogens is 280 g/mol. The van der Waals surface area contributed by atoms with E-state index in [1.165, 1.54) is 0 Å². The fourth-order valence-electron chi connectivity index (χ4n) is 2.67. The number of nitrogens with zero attached hydrogens (tertiary/aromatic N) is 2. The van der Waals surface area contributed by atoms with Crippen molar-refractivity contribution in [3.05, 3.63) is 36.7 Å². The van der Waals surface area contributed by atoms with Crippen LogP contribution in [-0.2, 0) is 16.6 Å². The van der Waals surface area contributed by atoms with Crippen LogP contribution in [0.2, 0.25) is 0 Å². The van der Waals surface area contributed by atoms with Gasteiger partial charge >= 0.3 is 0 Å². The van der Waals surface area contributed by atoms with E-state index in [0.29, 0.717) is 13.0 Å². The number of benzene rings is 1. The van der Waals surface area contributed by atoms with Crippen molar-refractivity contribution in [3.63, 3.8) is 0 Å². The van der Waals surface area contributed by atoms with Crippen molar-refractivity contribution >= 4 is 11.6 Å². The molecule has 0 spiro atoms. The molecule has 3 N–H and O–H groups in total. The maximum Gasteiger partial charge on any atom is 0.253 e. The van der Waals surface area contributed by atoms with Crippen LogP contribution in [0.5, 0.6) is 0 Å². The van der Waals surface area contributed by atoms with Crippen molar-refractivity contribution < 1.29 is 9.53 Å². The Morgan fingerprint density at radius 2 is 2.36 bits per heavy atom. The zero-order chi connectivity index (χ0) is 15.5. The number of anilines is 1. The van der Waals surface area contributed by atoms with Gasteiger partial charge in [0, 0.05) is 37.2 Å². The lowest BCUT2D eigenvalue weighted by molar-refractivity contribution is -0.126. The normalized spacial score (nSPS) is 21.0. The van der Waals surface area contributed by atoms with Gasteiger partial charge in [-0.15, -0.1) is 0 Å². The zero-order valence-electron chi connectivity index (χ0n) is 12.5. The average Bonchev–Trinajstić information content (AvgIpc) is 3.16. The number of rotatable bonds is 4. The van der Waals surface area contributed by atoms with Gasteiger partial charge in [0.25, 0.3) is 5.91 Å². The van der Waals surface area contributed by atoms with Crippen molar-refractivity contribution in [1.29, 1.82) is 0 Å². The fourth-order valence-corrected chi connectivity index (χ4v) is 2.67. The van der Waals surface area contributed by atoms with Gasteiger partial charge < -0.3 is 20.4 Å². The summed E-state index contributed by atoms with van der Waals surface area (Å²) in [4.78, 5) is 16.6. The molecule has 2 heterocycles. The van der Waals surface area contributed by atoms with Crippen molar-refractivity contribution in [1.82, 2.24) is 9.55 Å². The van der Waals surface area contributed by atoms with Crippen molar-refractivity contribution in [2.45, 2.75) is 25.0 Å². The summed E-state index contributed by atoms with van der Waals surface area (Å²) in [6.45, 7) is 0.457. The lowest BCUT2D eigenvalue weighted by Crippen LogP contribution is -2.29. The van der Waals surface area contributed by atoms with Gasteiger partial charge in [-0.2, -0.15) is 0 Å². The molecule has 1 aliphatic rings. The van der Waals surface area contributed by atoms with E-state index in [4.69, 9.17) is 10.5 Å². The minimum atomic E-state index is -0.412. The third-order valence-corrected chi connectivity index (χ3v) is 3.87. The van der Waals surface area contributed by atoms with E-state index in [1.54, 1.807) is 6.20 Å². The van der Waals surface area contributed by atoms with Gasteiger partial charge in [-0.05, 0) is 25.0 Å². The maximum absolute atomic E-state index is 12.2. The zero-order valence-corrected chi connectivity index (χ0v) is 12.5. The summed E-state index contributed by atoms with van der Waals surface area (Å²) >= 11 is 0. The number of hydrogen-bond acceptors (Lipinski definition) is 4. The second-order valence-electron chi connectivity index (χ2n) is 5.49. The summed E-state index contributed by atoms with van der Waals surface area (Å²) in [5, 5.41) is 2.91. The molecule has 1 saturated heterocycles. The van der Waals surface area contributed by atoms with Gasteiger partial charge in [0.05, 0.1) is 6.10 Å². The minimum Gasteiger partial charge on any atom is -0.364 e. The summed E-state index contributed by atoms with van der Waals surface area (Å²) in [6.07, 6.45) is 4.77. The van der Waals surface area contributed by atoms with Crippen molar-refractivity contribution in [2.75, 3.05) is 11.9 Å². The number of carbonyl (C=O) groups is 1. The number of imidazole rings is 1. The summed E-state index contributed by atoms with van der Waals surface area (Å²) in [5.74, 6) is 0.740. The summed E-state index contributed by atoms with van der Waals surface area (Å²) < 4.78 is 7.55. The first-order valence-electron chi connectivity index (χ1n) is 7.41. The number of carbonyl (C=O) groups excluding carboxylic acids is 1. The van der Waals surface area contributed by atoms with Crippen LogP contribution >= 0.6 is 0 Å². The molecule has 6 heteroatoms. The number of nitrogens with one attached hydrogen (secondary N) is 1. The molecule has 1 aromatic carbocycles. The average molecular weight is 300 g/mol. The molecule has 116 valence electrons. The highest BCUT2D eigenvalue weighted by Crippen LogP contribution is 2.23. The fraction of sp³-hybridized carbons (Fsp3) is 0.375. The van der Waals surface area contributed by atoms with E-state index >= 15 is 0 Å². The molecule has 1 aromatic heterocycles. The standard InChI is InChI=1S/C16H20N4O2/c1-20-8-7-18-15(20)11-3-2-4-12(9-11)19-16(21)14-6-5-13(10-17)22-14/h2-4,7-9,13-14H,5-6,10,17H2,1H3,(H,19,21)/t13-,14+/m1/s1.